The number of rotatable bonds is 4. The van der Waals surface area contributed by atoms with Gasteiger partial charge in [0, 0.05) is 45.1 Å². The molecule has 0 aliphatic rings. The van der Waals surface area contributed by atoms with Crippen molar-refractivity contribution in [2.45, 2.75) is 13.3 Å². The van der Waals surface area contributed by atoms with Crippen LogP contribution in [-0.2, 0) is 0 Å². The fraction of sp³-hybridized carbons (Fsp3) is 0.188. The Bertz CT molecular complexity index is 709. The van der Waals surface area contributed by atoms with Crippen LogP contribution in [-0.4, -0.2) is 11.5 Å². The Hall–Kier alpha value is -1.58. The molecule has 0 N–H and O–H groups in total. The van der Waals surface area contributed by atoms with Crippen LogP contribution in [0.5, 0.6) is 0 Å². The van der Waals surface area contributed by atoms with Crippen LogP contribution in [0.15, 0.2) is 48.1 Å². The Morgan fingerprint density at radius 2 is 2.00 bits per heavy atom. The van der Waals surface area contributed by atoms with Crippen LogP contribution < -0.4 is 4.90 Å². The number of pyridine rings is 1. The van der Waals surface area contributed by atoms with E-state index in [1.807, 2.05) is 24.5 Å². The predicted octanol–water partition coefficient (Wildman–Crippen LogP) is 5.50. The van der Waals surface area contributed by atoms with Gasteiger partial charge < -0.3 is 4.90 Å². The summed E-state index contributed by atoms with van der Waals surface area (Å²) in [5.74, 6) is 0. The highest BCUT2D eigenvalue weighted by Gasteiger charge is 2.13. The quantitative estimate of drug-likeness (QED) is 0.633. The van der Waals surface area contributed by atoms with Crippen molar-refractivity contribution in [3.8, 4) is 0 Å². The second-order valence-corrected chi connectivity index (χ2v) is 5.97. The maximum absolute atomic E-state index is 6.07. The van der Waals surface area contributed by atoms with Crippen molar-refractivity contribution in [3.63, 3.8) is 0 Å². The third-order valence-electron chi connectivity index (χ3n) is 3.23. The molecule has 2 heterocycles. The Morgan fingerprint density at radius 1 is 1.20 bits per heavy atom. The molecule has 2 aromatic heterocycles. The SMILES string of the molecule is CCCN(c1ccncc1)c1csc2cc(Cl)ccc12. The summed E-state index contributed by atoms with van der Waals surface area (Å²) < 4.78 is 1.22. The minimum absolute atomic E-state index is 0.789. The lowest BCUT2D eigenvalue weighted by Crippen LogP contribution is -2.17. The second kappa shape index (κ2) is 5.81. The van der Waals surface area contributed by atoms with Gasteiger partial charge in [-0.25, -0.2) is 0 Å². The molecule has 0 saturated carbocycles. The summed E-state index contributed by atoms with van der Waals surface area (Å²) in [6.07, 6.45) is 4.76. The van der Waals surface area contributed by atoms with Crippen LogP contribution in [0.3, 0.4) is 0 Å². The van der Waals surface area contributed by atoms with Crippen LogP contribution >= 0.6 is 22.9 Å². The molecule has 0 atom stereocenters. The zero-order valence-corrected chi connectivity index (χ0v) is 12.8. The normalized spacial score (nSPS) is 10.9. The molecule has 3 rings (SSSR count). The summed E-state index contributed by atoms with van der Waals surface area (Å²) in [5.41, 5.74) is 2.42. The zero-order chi connectivity index (χ0) is 13.9. The van der Waals surface area contributed by atoms with Gasteiger partial charge in [-0.05, 0) is 36.8 Å². The van der Waals surface area contributed by atoms with Gasteiger partial charge >= 0.3 is 0 Å². The smallest absolute Gasteiger partial charge is 0.0599 e. The highest BCUT2D eigenvalue weighted by atomic mass is 35.5. The molecule has 0 unspecified atom stereocenters. The molecular formula is C16H15ClN2S. The van der Waals surface area contributed by atoms with E-state index in [1.165, 1.54) is 21.5 Å². The Kier molecular flexibility index (Phi) is 3.90. The number of anilines is 2. The minimum Gasteiger partial charge on any atom is -0.340 e. The van der Waals surface area contributed by atoms with Crippen molar-refractivity contribution in [1.29, 1.82) is 0 Å². The predicted molar refractivity (Wildman–Crippen MR) is 88.4 cm³/mol. The van der Waals surface area contributed by atoms with Gasteiger partial charge in [0.25, 0.3) is 0 Å². The van der Waals surface area contributed by atoms with Crippen molar-refractivity contribution in [2.75, 3.05) is 11.4 Å². The summed E-state index contributed by atoms with van der Waals surface area (Å²) in [5, 5.41) is 4.25. The number of nitrogens with zero attached hydrogens (tertiary/aromatic N) is 2. The van der Waals surface area contributed by atoms with Crippen molar-refractivity contribution < 1.29 is 0 Å². The lowest BCUT2D eigenvalue weighted by molar-refractivity contribution is 0.888. The Morgan fingerprint density at radius 3 is 2.75 bits per heavy atom. The van der Waals surface area contributed by atoms with Crippen LogP contribution in [0.4, 0.5) is 11.4 Å². The first kappa shape index (κ1) is 13.4. The number of thiophene rings is 1. The molecule has 0 saturated heterocycles. The summed E-state index contributed by atoms with van der Waals surface area (Å²) in [6, 6.07) is 10.2. The molecule has 1 aromatic carbocycles. The molecule has 0 amide bonds. The first-order valence-electron chi connectivity index (χ1n) is 6.64. The first-order chi connectivity index (χ1) is 9.79. The van der Waals surface area contributed by atoms with Gasteiger partial charge in [-0.3, -0.25) is 4.98 Å². The van der Waals surface area contributed by atoms with Crippen LogP contribution in [0.25, 0.3) is 10.1 Å². The van der Waals surface area contributed by atoms with E-state index in [0.717, 1.165) is 18.0 Å². The molecule has 2 nitrogen and oxygen atoms in total. The number of hydrogen-bond acceptors (Lipinski definition) is 3. The summed E-state index contributed by atoms with van der Waals surface area (Å²) in [4.78, 5) is 6.44. The topological polar surface area (TPSA) is 16.1 Å². The average Bonchev–Trinajstić information content (AvgIpc) is 2.88. The van der Waals surface area contributed by atoms with Gasteiger partial charge in [0.2, 0.25) is 0 Å². The van der Waals surface area contributed by atoms with E-state index in [-0.39, 0.29) is 0 Å². The van der Waals surface area contributed by atoms with Crippen LogP contribution in [0, 0.1) is 0 Å². The van der Waals surface area contributed by atoms with Crippen molar-refractivity contribution >= 4 is 44.4 Å². The first-order valence-corrected chi connectivity index (χ1v) is 7.89. The average molecular weight is 303 g/mol. The lowest BCUT2D eigenvalue weighted by Gasteiger charge is -2.23. The zero-order valence-electron chi connectivity index (χ0n) is 11.2. The summed E-state index contributed by atoms with van der Waals surface area (Å²) in [7, 11) is 0. The number of halogens is 1. The molecule has 4 heteroatoms. The standard InChI is InChI=1S/C16H15ClN2S/c1-2-9-19(13-5-7-18-8-6-13)15-11-20-16-10-12(17)3-4-14(15)16/h3-8,10-11H,2,9H2,1H3. The van der Waals surface area contributed by atoms with Crippen LogP contribution in [0.1, 0.15) is 13.3 Å². The van der Waals surface area contributed by atoms with E-state index in [4.69, 9.17) is 11.6 Å². The van der Waals surface area contributed by atoms with Crippen LogP contribution in [0.2, 0.25) is 5.02 Å². The molecular weight excluding hydrogens is 288 g/mol. The Balaban J connectivity index is 2.10. The van der Waals surface area contributed by atoms with E-state index >= 15 is 0 Å². The molecule has 0 radical (unpaired) electrons. The second-order valence-electron chi connectivity index (χ2n) is 4.62. The lowest BCUT2D eigenvalue weighted by atomic mass is 10.2. The minimum atomic E-state index is 0.789. The third-order valence-corrected chi connectivity index (χ3v) is 4.40. The highest BCUT2D eigenvalue weighted by Crippen LogP contribution is 2.37. The highest BCUT2D eigenvalue weighted by molar-refractivity contribution is 7.17. The van der Waals surface area contributed by atoms with E-state index in [0.29, 0.717) is 0 Å². The van der Waals surface area contributed by atoms with E-state index < -0.39 is 0 Å². The Labute approximate surface area is 127 Å². The van der Waals surface area contributed by atoms with Crippen molar-refractivity contribution in [2.24, 2.45) is 0 Å². The van der Waals surface area contributed by atoms with E-state index in [9.17, 15) is 0 Å². The third kappa shape index (κ3) is 2.51. The largest absolute Gasteiger partial charge is 0.340 e. The number of fused-ring (bicyclic) bond motifs is 1. The molecule has 102 valence electrons. The van der Waals surface area contributed by atoms with Gasteiger partial charge in [0.1, 0.15) is 0 Å². The summed E-state index contributed by atoms with van der Waals surface area (Å²) >= 11 is 7.81. The van der Waals surface area contributed by atoms with Gasteiger partial charge in [0.05, 0.1) is 5.69 Å². The van der Waals surface area contributed by atoms with E-state index in [2.05, 4.69) is 40.4 Å². The summed E-state index contributed by atoms with van der Waals surface area (Å²) in [6.45, 7) is 3.18. The molecule has 3 aromatic rings. The van der Waals surface area contributed by atoms with Gasteiger partial charge in [-0.15, -0.1) is 11.3 Å². The maximum atomic E-state index is 6.07. The number of hydrogen-bond donors (Lipinski definition) is 0. The van der Waals surface area contributed by atoms with Crippen molar-refractivity contribution in [1.82, 2.24) is 4.98 Å². The molecule has 20 heavy (non-hydrogen) atoms. The fourth-order valence-corrected chi connectivity index (χ4v) is 3.56. The monoisotopic (exact) mass is 302 g/mol. The number of benzene rings is 1. The maximum Gasteiger partial charge on any atom is 0.0599 e. The van der Waals surface area contributed by atoms with Gasteiger partial charge in [0.15, 0.2) is 0 Å². The molecule has 0 aliphatic carbocycles. The number of aromatic nitrogens is 1. The van der Waals surface area contributed by atoms with Crippen molar-refractivity contribution in [3.05, 3.63) is 53.1 Å². The fourth-order valence-electron chi connectivity index (χ4n) is 2.33. The van der Waals surface area contributed by atoms with E-state index in [1.54, 1.807) is 11.3 Å². The molecule has 0 spiro atoms. The molecule has 0 aliphatic heterocycles. The van der Waals surface area contributed by atoms with Gasteiger partial charge in [-0.2, -0.15) is 0 Å². The molecule has 0 fully saturated rings. The van der Waals surface area contributed by atoms with Gasteiger partial charge in [-0.1, -0.05) is 18.5 Å². The molecule has 0 bridgehead atoms.